The van der Waals surface area contributed by atoms with E-state index in [2.05, 4.69) is 50.6 Å². The first-order valence-corrected chi connectivity index (χ1v) is 11.5. The maximum absolute atomic E-state index is 12.4. The zero-order chi connectivity index (χ0) is 19.3. The standard InChI is InChI=1S/C19H26ClNO3Si/c1-19(2,3)25(5,6)13-9-12-16(18(23)24-4)21-17(22)14-10-7-8-11-15(14)20/h7-8,10-11,16H,12H2,1-6H3,(H,21,22)/t16-/m1/s1. The Labute approximate surface area is 156 Å². The Kier molecular flexibility index (Phi) is 7.27. The molecule has 4 nitrogen and oxygen atoms in total. The number of methoxy groups -OCH3 is 1. The van der Waals surface area contributed by atoms with Crippen LogP contribution in [-0.2, 0) is 9.53 Å². The molecule has 6 heteroatoms. The second-order valence-corrected chi connectivity index (χ2v) is 12.8. The number of hydrogen-bond donors (Lipinski definition) is 1. The van der Waals surface area contributed by atoms with Crippen LogP contribution < -0.4 is 5.32 Å². The number of halogens is 1. The number of amides is 1. The first-order valence-electron chi connectivity index (χ1n) is 8.13. The van der Waals surface area contributed by atoms with Gasteiger partial charge in [0.25, 0.3) is 5.91 Å². The minimum atomic E-state index is -1.78. The van der Waals surface area contributed by atoms with Crippen LogP contribution in [0.3, 0.4) is 0 Å². The Morgan fingerprint density at radius 2 is 1.88 bits per heavy atom. The van der Waals surface area contributed by atoms with E-state index in [4.69, 9.17) is 16.3 Å². The van der Waals surface area contributed by atoms with Gasteiger partial charge in [-0.25, -0.2) is 4.79 Å². The first-order chi connectivity index (χ1) is 11.5. The second kappa shape index (κ2) is 8.55. The molecule has 0 radical (unpaired) electrons. The molecule has 0 saturated heterocycles. The van der Waals surface area contributed by atoms with E-state index in [9.17, 15) is 9.59 Å². The fraction of sp³-hybridized carbons (Fsp3) is 0.474. The van der Waals surface area contributed by atoms with Crippen LogP contribution in [-0.4, -0.2) is 33.1 Å². The van der Waals surface area contributed by atoms with E-state index in [0.717, 1.165) is 0 Å². The lowest BCUT2D eigenvalue weighted by molar-refractivity contribution is -0.142. The molecular formula is C19H26ClNO3Si. The molecule has 0 saturated carbocycles. The fourth-order valence-electron chi connectivity index (χ4n) is 1.78. The van der Waals surface area contributed by atoms with Crippen molar-refractivity contribution in [3.63, 3.8) is 0 Å². The molecule has 0 aliphatic rings. The maximum atomic E-state index is 12.4. The van der Waals surface area contributed by atoms with Crippen molar-refractivity contribution in [2.45, 2.75) is 51.4 Å². The van der Waals surface area contributed by atoms with Gasteiger partial charge in [-0.1, -0.05) is 57.6 Å². The zero-order valence-electron chi connectivity index (χ0n) is 15.7. The van der Waals surface area contributed by atoms with Gasteiger partial charge < -0.3 is 10.1 Å². The lowest BCUT2D eigenvalue weighted by Gasteiger charge is -2.31. The molecule has 1 aromatic rings. The molecule has 0 unspecified atom stereocenters. The van der Waals surface area contributed by atoms with Gasteiger partial charge >= 0.3 is 5.97 Å². The third-order valence-corrected chi connectivity index (χ3v) is 9.37. The third kappa shape index (κ3) is 5.91. The number of benzene rings is 1. The number of carbonyl (C=O) groups excluding carboxylic acids is 2. The molecule has 1 rings (SSSR count). The molecule has 0 aromatic heterocycles. The highest BCUT2D eigenvalue weighted by molar-refractivity contribution is 6.87. The van der Waals surface area contributed by atoms with E-state index in [1.807, 2.05) is 0 Å². The van der Waals surface area contributed by atoms with E-state index in [1.165, 1.54) is 7.11 Å². The van der Waals surface area contributed by atoms with E-state index in [1.54, 1.807) is 24.3 Å². The van der Waals surface area contributed by atoms with Gasteiger partial charge in [-0.05, 0) is 17.2 Å². The number of hydrogen-bond acceptors (Lipinski definition) is 3. The highest BCUT2D eigenvalue weighted by atomic mass is 35.5. The highest BCUT2D eigenvalue weighted by Crippen LogP contribution is 2.35. The number of rotatable bonds is 4. The average Bonchev–Trinajstić information content (AvgIpc) is 2.52. The molecule has 1 amide bonds. The predicted octanol–water partition coefficient (Wildman–Crippen LogP) is 4.05. The molecule has 0 fully saturated rings. The number of nitrogens with one attached hydrogen (secondary N) is 1. The third-order valence-electron chi connectivity index (χ3n) is 4.49. The molecule has 1 atom stereocenters. The topological polar surface area (TPSA) is 55.4 Å². The van der Waals surface area contributed by atoms with Crippen LogP contribution in [0, 0.1) is 11.5 Å². The van der Waals surface area contributed by atoms with Gasteiger partial charge in [0, 0.05) is 6.42 Å². The average molecular weight is 380 g/mol. The minimum Gasteiger partial charge on any atom is -0.467 e. The Morgan fingerprint density at radius 1 is 1.28 bits per heavy atom. The molecule has 0 spiro atoms. The molecule has 1 aromatic carbocycles. The summed E-state index contributed by atoms with van der Waals surface area (Å²) in [5, 5.41) is 3.12. The van der Waals surface area contributed by atoms with Crippen LogP contribution in [0.2, 0.25) is 23.2 Å². The number of ether oxygens (including phenoxy) is 1. The molecule has 0 aliphatic carbocycles. The molecular weight excluding hydrogens is 354 g/mol. The molecule has 1 N–H and O–H groups in total. The van der Waals surface area contributed by atoms with Crippen LogP contribution in [0.5, 0.6) is 0 Å². The number of carbonyl (C=O) groups is 2. The van der Waals surface area contributed by atoms with Crippen LogP contribution in [0.4, 0.5) is 0 Å². The number of esters is 1. The summed E-state index contributed by atoms with van der Waals surface area (Å²) in [4.78, 5) is 24.4. The van der Waals surface area contributed by atoms with E-state index < -0.39 is 26.0 Å². The normalized spacial score (nSPS) is 12.6. The van der Waals surface area contributed by atoms with Crippen molar-refractivity contribution >= 4 is 31.6 Å². The van der Waals surface area contributed by atoms with Crippen LogP contribution in [0.25, 0.3) is 0 Å². The van der Waals surface area contributed by atoms with Crippen LogP contribution in [0.15, 0.2) is 24.3 Å². The Morgan fingerprint density at radius 3 is 2.40 bits per heavy atom. The summed E-state index contributed by atoms with van der Waals surface area (Å²) in [5.74, 6) is 2.14. The molecule has 0 bridgehead atoms. The van der Waals surface area contributed by atoms with E-state index in [-0.39, 0.29) is 11.5 Å². The molecule has 25 heavy (non-hydrogen) atoms. The smallest absolute Gasteiger partial charge is 0.329 e. The Hall–Kier alpha value is -1.77. The molecule has 136 valence electrons. The summed E-state index contributed by atoms with van der Waals surface area (Å²) in [6.45, 7) is 10.9. The molecule has 0 aliphatic heterocycles. The van der Waals surface area contributed by atoms with Crippen molar-refractivity contribution in [1.29, 1.82) is 0 Å². The van der Waals surface area contributed by atoms with Gasteiger partial charge in [-0.3, -0.25) is 4.79 Å². The lowest BCUT2D eigenvalue weighted by Crippen LogP contribution is -2.41. The van der Waals surface area contributed by atoms with Crippen molar-refractivity contribution < 1.29 is 14.3 Å². The maximum Gasteiger partial charge on any atom is 0.329 e. The predicted molar refractivity (Wildman–Crippen MR) is 104 cm³/mol. The first kappa shape index (κ1) is 21.3. The van der Waals surface area contributed by atoms with Gasteiger partial charge in [0.2, 0.25) is 0 Å². The quantitative estimate of drug-likeness (QED) is 0.487. The van der Waals surface area contributed by atoms with Gasteiger partial charge in [0.15, 0.2) is 0 Å². The Bertz CT molecular complexity index is 699. The van der Waals surface area contributed by atoms with Gasteiger partial charge in [0.05, 0.1) is 17.7 Å². The summed E-state index contributed by atoms with van der Waals surface area (Å²) < 4.78 is 4.79. The highest BCUT2D eigenvalue weighted by Gasteiger charge is 2.33. The van der Waals surface area contributed by atoms with Crippen molar-refractivity contribution in [3.8, 4) is 11.5 Å². The van der Waals surface area contributed by atoms with Crippen LogP contribution >= 0.6 is 11.6 Å². The van der Waals surface area contributed by atoms with E-state index in [0.29, 0.717) is 10.6 Å². The fourth-order valence-corrected chi connectivity index (χ4v) is 2.92. The van der Waals surface area contributed by atoms with E-state index >= 15 is 0 Å². The summed E-state index contributed by atoms with van der Waals surface area (Å²) in [6.07, 6.45) is 0.204. The van der Waals surface area contributed by atoms with Gasteiger partial charge in [-0.2, -0.15) is 0 Å². The van der Waals surface area contributed by atoms with Gasteiger partial charge in [-0.15, -0.1) is 11.5 Å². The SMILES string of the molecule is COC(=O)[C@@H](CC#C[Si](C)(C)C(C)(C)C)NC(=O)c1ccccc1Cl. The summed E-state index contributed by atoms with van der Waals surface area (Å²) in [6, 6.07) is 5.85. The van der Waals surface area contributed by atoms with Crippen molar-refractivity contribution in [2.75, 3.05) is 7.11 Å². The largest absolute Gasteiger partial charge is 0.467 e. The van der Waals surface area contributed by atoms with Crippen molar-refractivity contribution in [2.24, 2.45) is 0 Å². The van der Waals surface area contributed by atoms with Gasteiger partial charge in [0.1, 0.15) is 14.1 Å². The summed E-state index contributed by atoms with van der Waals surface area (Å²) in [5.41, 5.74) is 3.65. The van der Waals surface area contributed by atoms with Crippen molar-refractivity contribution in [3.05, 3.63) is 34.9 Å². The lowest BCUT2D eigenvalue weighted by atomic mass is 10.1. The zero-order valence-corrected chi connectivity index (χ0v) is 17.5. The minimum absolute atomic E-state index is 0.127. The molecule has 0 heterocycles. The summed E-state index contributed by atoms with van der Waals surface area (Å²) >= 11 is 6.03. The second-order valence-electron chi connectivity index (χ2n) is 7.41. The monoisotopic (exact) mass is 379 g/mol. The Balaban J connectivity index is 2.92. The van der Waals surface area contributed by atoms with Crippen LogP contribution in [0.1, 0.15) is 37.6 Å². The summed E-state index contributed by atoms with van der Waals surface area (Å²) in [7, 11) is -0.487. The van der Waals surface area contributed by atoms with Crippen molar-refractivity contribution in [1.82, 2.24) is 5.32 Å².